The van der Waals surface area contributed by atoms with E-state index >= 15 is 0 Å². The van der Waals surface area contributed by atoms with Gasteiger partial charge in [-0.15, -0.1) is 0 Å². The third-order valence-electron chi connectivity index (χ3n) is 3.05. The van der Waals surface area contributed by atoms with Crippen molar-refractivity contribution in [2.24, 2.45) is 9.98 Å². The van der Waals surface area contributed by atoms with Crippen molar-refractivity contribution in [3.8, 4) is 0 Å². The molecule has 2 aliphatic heterocycles. The van der Waals surface area contributed by atoms with Crippen molar-refractivity contribution in [1.29, 1.82) is 0 Å². The molecular formula is C16H10N2S2. The van der Waals surface area contributed by atoms with E-state index in [0.29, 0.717) is 0 Å². The maximum atomic E-state index is 4.53. The summed E-state index contributed by atoms with van der Waals surface area (Å²) in [5, 5.41) is 0. The zero-order valence-corrected chi connectivity index (χ0v) is 12.1. The van der Waals surface area contributed by atoms with E-state index in [2.05, 4.69) is 22.1 Å². The van der Waals surface area contributed by atoms with Crippen molar-refractivity contribution in [3.05, 3.63) is 58.3 Å². The summed E-state index contributed by atoms with van der Waals surface area (Å²) in [6.45, 7) is 0. The SMILES string of the molecule is C1=Nc2ccccc2SC1=C1C=Nc2ccccc2S1. The van der Waals surface area contributed by atoms with Gasteiger partial charge in [0.15, 0.2) is 0 Å². The Morgan fingerprint density at radius 1 is 0.600 bits per heavy atom. The van der Waals surface area contributed by atoms with Crippen LogP contribution in [-0.2, 0) is 0 Å². The molecular weight excluding hydrogens is 284 g/mol. The first-order chi connectivity index (χ1) is 9.90. The van der Waals surface area contributed by atoms with Crippen LogP contribution in [0.3, 0.4) is 0 Å². The van der Waals surface area contributed by atoms with Gasteiger partial charge >= 0.3 is 0 Å². The predicted octanol–water partition coefficient (Wildman–Crippen LogP) is 5.21. The summed E-state index contributed by atoms with van der Waals surface area (Å²) in [5.74, 6) is 0. The number of hydrogen-bond donors (Lipinski definition) is 0. The summed E-state index contributed by atoms with van der Waals surface area (Å²) in [7, 11) is 0. The Morgan fingerprint density at radius 2 is 1.05 bits per heavy atom. The van der Waals surface area contributed by atoms with E-state index in [1.54, 1.807) is 23.5 Å². The Hall–Kier alpha value is -1.78. The first-order valence-electron chi connectivity index (χ1n) is 6.26. The standard InChI is InChI=1S/C16H10N2S2/c1-3-7-13-11(5-1)17-9-15(19-13)16-10-18-12-6-2-4-8-14(12)20-16/h1-10H. The van der Waals surface area contributed by atoms with E-state index in [0.717, 1.165) is 21.2 Å². The van der Waals surface area contributed by atoms with Gasteiger partial charge in [-0.1, -0.05) is 47.8 Å². The highest BCUT2D eigenvalue weighted by Gasteiger charge is 2.17. The fourth-order valence-corrected chi connectivity index (χ4v) is 4.06. The predicted molar refractivity (Wildman–Crippen MR) is 87.9 cm³/mol. The Balaban J connectivity index is 1.73. The molecule has 0 saturated carbocycles. The molecule has 4 heteroatoms. The topological polar surface area (TPSA) is 24.7 Å². The number of fused-ring (bicyclic) bond motifs is 2. The molecule has 0 spiro atoms. The number of allylic oxidation sites excluding steroid dienone is 2. The lowest BCUT2D eigenvalue weighted by molar-refractivity contribution is 1.36. The third kappa shape index (κ3) is 2.11. The van der Waals surface area contributed by atoms with Crippen LogP contribution in [0.1, 0.15) is 0 Å². The molecule has 2 aromatic rings. The Labute approximate surface area is 125 Å². The molecule has 0 atom stereocenters. The van der Waals surface area contributed by atoms with Crippen LogP contribution >= 0.6 is 23.5 Å². The van der Waals surface area contributed by atoms with Gasteiger partial charge in [-0.2, -0.15) is 0 Å². The van der Waals surface area contributed by atoms with Gasteiger partial charge in [-0.25, -0.2) is 0 Å². The first kappa shape index (κ1) is 12.0. The fraction of sp³-hybridized carbons (Fsp3) is 0. The minimum absolute atomic E-state index is 1.04. The zero-order chi connectivity index (χ0) is 13.4. The molecule has 0 saturated heterocycles. The number of aliphatic imine (C=N–C) groups is 2. The number of thioether (sulfide) groups is 2. The summed E-state index contributed by atoms with van der Waals surface area (Å²) in [6, 6.07) is 16.4. The molecule has 0 amide bonds. The highest BCUT2D eigenvalue weighted by Crippen LogP contribution is 2.44. The second kappa shape index (κ2) is 4.96. The van der Waals surface area contributed by atoms with Crippen LogP contribution in [0.25, 0.3) is 0 Å². The van der Waals surface area contributed by atoms with Crippen molar-refractivity contribution >= 4 is 47.3 Å². The fourth-order valence-electron chi connectivity index (χ4n) is 2.07. The van der Waals surface area contributed by atoms with Gasteiger partial charge in [0.2, 0.25) is 0 Å². The van der Waals surface area contributed by atoms with E-state index in [9.17, 15) is 0 Å². The lowest BCUT2D eigenvalue weighted by Crippen LogP contribution is -1.96. The van der Waals surface area contributed by atoms with Crippen LogP contribution in [0, 0.1) is 0 Å². The summed E-state index contributed by atoms with van der Waals surface area (Å²) >= 11 is 3.51. The molecule has 2 aliphatic rings. The number of rotatable bonds is 0. The minimum atomic E-state index is 1.04. The molecule has 2 heterocycles. The van der Waals surface area contributed by atoms with Crippen LogP contribution < -0.4 is 0 Å². The third-order valence-corrected chi connectivity index (χ3v) is 5.40. The number of benzene rings is 2. The summed E-state index contributed by atoms with van der Waals surface area (Å²) in [4.78, 5) is 13.8. The van der Waals surface area contributed by atoms with Crippen LogP contribution in [0.15, 0.2) is 78.1 Å². The number of nitrogens with zero attached hydrogens (tertiary/aromatic N) is 2. The molecule has 0 N–H and O–H groups in total. The van der Waals surface area contributed by atoms with Crippen LogP contribution in [0.2, 0.25) is 0 Å². The van der Waals surface area contributed by atoms with Gasteiger partial charge < -0.3 is 0 Å². The molecule has 0 unspecified atom stereocenters. The van der Waals surface area contributed by atoms with Gasteiger partial charge in [0.1, 0.15) is 0 Å². The zero-order valence-electron chi connectivity index (χ0n) is 10.5. The average molecular weight is 294 g/mol. The molecule has 96 valence electrons. The van der Waals surface area contributed by atoms with E-state index in [1.807, 2.05) is 48.8 Å². The molecule has 2 nitrogen and oxygen atoms in total. The van der Waals surface area contributed by atoms with Gasteiger partial charge in [0.05, 0.1) is 11.4 Å². The van der Waals surface area contributed by atoms with E-state index in [4.69, 9.17) is 0 Å². The van der Waals surface area contributed by atoms with Crippen molar-refractivity contribution in [2.75, 3.05) is 0 Å². The van der Waals surface area contributed by atoms with Crippen LogP contribution in [0.5, 0.6) is 0 Å². The van der Waals surface area contributed by atoms with Crippen molar-refractivity contribution in [2.45, 2.75) is 9.79 Å². The molecule has 0 aromatic heterocycles. The largest absolute Gasteiger partial charge is 0.254 e. The van der Waals surface area contributed by atoms with Gasteiger partial charge in [0, 0.05) is 32.0 Å². The number of para-hydroxylation sites is 2. The lowest BCUT2D eigenvalue weighted by Gasteiger charge is -2.16. The Kier molecular flexibility index (Phi) is 2.98. The van der Waals surface area contributed by atoms with Crippen LogP contribution in [0.4, 0.5) is 11.4 Å². The molecule has 2 aromatic carbocycles. The molecule has 0 fully saturated rings. The normalized spacial score (nSPS) is 19.6. The monoisotopic (exact) mass is 294 g/mol. The summed E-state index contributed by atoms with van der Waals surface area (Å²) < 4.78 is 0. The van der Waals surface area contributed by atoms with Crippen molar-refractivity contribution in [3.63, 3.8) is 0 Å². The van der Waals surface area contributed by atoms with Crippen molar-refractivity contribution in [1.82, 2.24) is 0 Å². The lowest BCUT2D eigenvalue weighted by atomic mass is 10.3. The Bertz CT molecular complexity index is 710. The smallest absolute Gasteiger partial charge is 0.0769 e. The van der Waals surface area contributed by atoms with E-state index < -0.39 is 0 Å². The summed E-state index contributed by atoms with van der Waals surface area (Å²) in [6.07, 6.45) is 3.88. The second-order valence-corrected chi connectivity index (χ2v) is 6.55. The summed E-state index contributed by atoms with van der Waals surface area (Å²) in [5.41, 5.74) is 2.08. The van der Waals surface area contributed by atoms with Gasteiger partial charge in [0.25, 0.3) is 0 Å². The highest BCUT2D eigenvalue weighted by molar-refractivity contribution is 8.08. The maximum Gasteiger partial charge on any atom is 0.0769 e. The Morgan fingerprint density at radius 3 is 1.55 bits per heavy atom. The molecule has 4 rings (SSSR count). The second-order valence-electron chi connectivity index (χ2n) is 4.38. The molecule has 0 aliphatic carbocycles. The molecule has 20 heavy (non-hydrogen) atoms. The highest BCUT2D eigenvalue weighted by atomic mass is 32.2. The van der Waals surface area contributed by atoms with Crippen LogP contribution in [-0.4, -0.2) is 12.4 Å². The van der Waals surface area contributed by atoms with Gasteiger partial charge in [-0.3, -0.25) is 9.98 Å². The van der Waals surface area contributed by atoms with E-state index in [1.165, 1.54) is 9.79 Å². The van der Waals surface area contributed by atoms with E-state index in [-0.39, 0.29) is 0 Å². The van der Waals surface area contributed by atoms with Crippen molar-refractivity contribution < 1.29 is 0 Å². The van der Waals surface area contributed by atoms with Gasteiger partial charge in [-0.05, 0) is 24.3 Å². The number of hydrogen-bond acceptors (Lipinski definition) is 4. The molecule has 0 bridgehead atoms. The molecule has 0 radical (unpaired) electrons. The first-order valence-corrected chi connectivity index (χ1v) is 7.90. The maximum absolute atomic E-state index is 4.53. The quantitative estimate of drug-likeness (QED) is 0.666. The minimum Gasteiger partial charge on any atom is -0.254 e. The average Bonchev–Trinajstić information content (AvgIpc) is 2.54.